The standard InChI is InChI=1S/C18H19NO3/c1-12(16-11-22-17-5-3-2-4-15(16)17)19-18(21)10-13-6-8-14(20)9-7-13/h2-9,12,16,20H,10-11H2,1H3,(H,19,21). The van der Waals surface area contributed by atoms with Crippen LogP contribution in [0.15, 0.2) is 48.5 Å². The number of para-hydroxylation sites is 1. The molecule has 1 aliphatic rings. The van der Waals surface area contributed by atoms with E-state index in [-0.39, 0.29) is 23.6 Å². The van der Waals surface area contributed by atoms with Gasteiger partial charge in [0.1, 0.15) is 11.5 Å². The number of phenols is 1. The second-order valence-electron chi connectivity index (χ2n) is 5.65. The molecular weight excluding hydrogens is 278 g/mol. The van der Waals surface area contributed by atoms with Crippen molar-refractivity contribution in [2.24, 2.45) is 0 Å². The Morgan fingerprint density at radius 3 is 2.77 bits per heavy atom. The van der Waals surface area contributed by atoms with Gasteiger partial charge in [-0.2, -0.15) is 0 Å². The van der Waals surface area contributed by atoms with Crippen LogP contribution in [-0.4, -0.2) is 23.7 Å². The Labute approximate surface area is 129 Å². The predicted octanol–water partition coefficient (Wildman–Crippen LogP) is 2.62. The highest BCUT2D eigenvalue weighted by Crippen LogP contribution is 2.35. The lowest BCUT2D eigenvalue weighted by molar-refractivity contribution is -0.121. The third kappa shape index (κ3) is 3.06. The van der Waals surface area contributed by atoms with Gasteiger partial charge in [-0.1, -0.05) is 30.3 Å². The van der Waals surface area contributed by atoms with E-state index in [1.165, 1.54) is 0 Å². The summed E-state index contributed by atoms with van der Waals surface area (Å²) in [5.41, 5.74) is 2.03. The number of aromatic hydroxyl groups is 1. The molecule has 2 N–H and O–H groups in total. The number of carbonyl (C=O) groups is 1. The Bertz CT molecular complexity index is 666. The van der Waals surface area contributed by atoms with Crippen molar-refractivity contribution in [1.82, 2.24) is 5.32 Å². The molecule has 4 nitrogen and oxygen atoms in total. The average Bonchev–Trinajstić information content (AvgIpc) is 2.93. The summed E-state index contributed by atoms with van der Waals surface area (Å²) in [6, 6.07) is 14.7. The molecular formula is C18H19NO3. The molecule has 0 spiro atoms. The van der Waals surface area contributed by atoms with Crippen molar-refractivity contribution < 1.29 is 14.6 Å². The van der Waals surface area contributed by atoms with Gasteiger partial charge in [0.05, 0.1) is 13.0 Å². The summed E-state index contributed by atoms with van der Waals surface area (Å²) in [7, 11) is 0. The van der Waals surface area contributed by atoms with E-state index < -0.39 is 0 Å². The summed E-state index contributed by atoms with van der Waals surface area (Å²) in [6.45, 7) is 2.60. The molecule has 0 aromatic heterocycles. The first-order valence-corrected chi connectivity index (χ1v) is 7.42. The van der Waals surface area contributed by atoms with E-state index in [4.69, 9.17) is 4.74 Å². The van der Waals surface area contributed by atoms with Gasteiger partial charge >= 0.3 is 0 Å². The van der Waals surface area contributed by atoms with Gasteiger partial charge in [-0.05, 0) is 30.7 Å². The molecule has 0 bridgehead atoms. The van der Waals surface area contributed by atoms with Crippen LogP contribution in [-0.2, 0) is 11.2 Å². The average molecular weight is 297 g/mol. The van der Waals surface area contributed by atoms with Crippen molar-refractivity contribution in [3.05, 3.63) is 59.7 Å². The van der Waals surface area contributed by atoms with Gasteiger partial charge < -0.3 is 15.2 Å². The number of amides is 1. The van der Waals surface area contributed by atoms with Crippen LogP contribution in [0.3, 0.4) is 0 Å². The molecule has 2 aromatic rings. The molecule has 1 amide bonds. The zero-order valence-corrected chi connectivity index (χ0v) is 12.5. The van der Waals surface area contributed by atoms with Crippen molar-refractivity contribution >= 4 is 5.91 Å². The fraction of sp³-hybridized carbons (Fsp3) is 0.278. The van der Waals surface area contributed by atoms with Gasteiger partial charge in [-0.25, -0.2) is 0 Å². The topological polar surface area (TPSA) is 58.6 Å². The number of benzene rings is 2. The van der Waals surface area contributed by atoms with E-state index in [2.05, 4.69) is 11.4 Å². The number of rotatable bonds is 4. The monoisotopic (exact) mass is 297 g/mol. The molecule has 2 unspecified atom stereocenters. The summed E-state index contributed by atoms with van der Waals surface area (Å²) < 4.78 is 5.67. The van der Waals surface area contributed by atoms with Gasteiger partial charge in [-0.3, -0.25) is 4.79 Å². The Morgan fingerprint density at radius 2 is 2.00 bits per heavy atom. The van der Waals surface area contributed by atoms with E-state index in [0.29, 0.717) is 13.0 Å². The molecule has 0 aliphatic carbocycles. The molecule has 4 heteroatoms. The summed E-state index contributed by atoms with van der Waals surface area (Å²) >= 11 is 0. The number of carbonyl (C=O) groups excluding carboxylic acids is 1. The van der Waals surface area contributed by atoms with E-state index in [1.54, 1.807) is 24.3 Å². The maximum absolute atomic E-state index is 12.2. The largest absolute Gasteiger partial charge is 0.508 e. The number of ether oxygens (including phenoxy) is 1. The highest BCUT2D eigenvalue weighted by molar-refractivity contribution is 5.79. The van der Waals surface area contributed by atoms with Crippen LogP contribution in [0.4, 0.5) is 0 Å². The Morgan fingerprint density at radius 1 is 1.27 bits per heavy atom. The third-order valence-electron chi connectivity index (χ3n) is 4.03. The van der Waals surface area contributed by atoms with E-state index in [0.717, 1.165) is 16.9 Å². The number of hydrogen-bond acceptors (Lipinski definition) is 3. The lowest BCUT2D eigenvalue weighted by atomic mass is 9.94. The van der Waals surface area contributed by atoms with Crippen LogP contribution in [0.1, 0.15) is 24.0 Å². The lowest BCUT2D eigenvalue weighted by Crippen LogP contribution is -2.38. The van der Waals surface area contributed by atoms with Crippen molar-refractivity contribution in [1.29, 1.82) is 0 Å². The highest BCUT2D eigenvalue weighted by atomic mass is 16.5. The van der Waals surface area contributed by atoms with E-state index in [1.807, 2.05) is 25.1 Å². The van der Waals surface area contributed by atoms with Crippen molar-refractivity contribution in [3.63, 3.8) is 0 Å². The van der Waals surface area contributed by atoms with Gasteiger partial charge in [-0.15, -0.1) is 0 Å². The number of phenolic OH excluding ortho intramolecular Hbond substituents is 1. The highest BCUT2D eigenvalue weighted by Gasteiger charge is 2.29. The molecule has 3 rings (SSSR count). The van der Waals surface area contributed by atoms with Crippen molar-refractivity contribution in [2.75, 3.05) is 6.61 Å². The predicted molar refractivity (Wildman–Crippen MR) is 84.1 cm³/mol. The molecule has 1 aliphatic heterocycles. The maximum Gasteiger partial charge on any atom is 0.224 e. The zero-order chi connectivity index (χ0) is 15.5. The summed E-state index contributed by atoms with van der Waals surface area (Å²) in [5.74, 6) is 1.27. The Kier molecular flexibility index (Phi) is 4.00. The minimum atomic E-state index is -0.0254. The molecule has 2 aromatic carbocycles. The normalized spacial score (nSPS) is 17.4. The zero-order valence-electron chi connectivity index (χ0n) is 12.5. The van der Waals surface area contributed by atoms with E-state index >= 15 is 0 Å². The molecule has 22 heavy (non-hydrogen) atoms. The first kappa shape index (κ1) is 14.4. The minimum Gasteiger partial charge on any atom is -0.508 e. The molecule has 0 radical (unpaired) electrons. The summed E-state index contributed by atoms with van der Waals surface area (Å²) in [5, 5.41) is 12.3. The van der Waals surface area contributed by atoms with Crippen LogP contribution in [0.2, 0.25) is 0 Å². The van der Waals surface area contributed by atoms with Gasteiger partial charge in [0.2, 0.25) is 5.91 Å². The van der Waals surface area contributed by atoms with E-state index in [9.17, 15) is 9.90 Å². The minimum absolute atomic E-state index is 0.00765. The second-order valence-corrected chi connectivity index (χ2v) is 5.65. The molecule has 2 atom stereocenters. The van der Waals surface area contributed by atoms with Crippen LogP contribution in [0.5, 0.6) is 11.5 Å². The first-order valence-electron chi connectivity index (χ1n) is 7.42. The van der Waals surface area contributed by atoms with Crippen LogP contribution >= 0.6 is 0 Å². The quantitative estimate of drug-likeness (QED) is 0.912. The van der Waals surface area contributed by atoms with Crippen molar-refractivity contribution in [3.8, 4) is 11.5 Å². The van der Waals surface area contributed by atoms with Crippen LogP contribution in [0.25, 0.3) is 0 Å². The van der Waals surface area contributed by atoms with Gasteiger partial charge in [0.25, 0.3) is 0 Å². The SMILES string of the molecule is CC(NC(=O)Cc1ccc(O)cc1)C1COc2ccccc21. The van der Waals surface area contributed by atoms with Crippen molar-refractivity contribution in [2.45, 2.75) is 25.3 Å². The number of fused-ring (bicyclic) bond motifs is 1. The lowest BCUT2D eigenvalue weighted by Gasteiger charge is -2.20. The van der Waals surface area contributed by atoms with Crippen LogP contribution < -0.4 is 10.1 Å². The summed E-state index contributed by atoms with van der Waals surface area (Å²) in [4.78, 5) is 12.2. The Balaban J connectivity index is 1.61. The maximum atomic E-state index is 12.2. The number of nitrogens with one attached hydrogen (secondary N) is 1. The first-order chi connectivity index (χ1) is 10.6. The Hall–Kier alpha value is -2.49. The fourth-order valence-corrected chi connectivity index (χ4v) is 2.81. The van der Waals surface area contributed by atoms with Crippen LogP contribution in [0, 0.1) is 0 Å². The molecule has 1 heterocycles. The summed E-state index contributed by atoms with van der Waals surface area (Å²) in [6.07, 6.45) is 0.305. The smallest absolute Gasteiger partial charge is 0.224 e. The molecule has 0 saturated heterocycles. The number of hydrogen-bond donors (Lipinski definition) is 2. The molecule has 114 valence electrons. The molecule has 0 saturated carbocycles. The fourth-order valence-electron chi connectivity index (χ4n) is 2.81. The third-order valence-corrected chi connectivity index (χ3v) is 4.03. The molecule has 0 fully saturated rings. The second kappa shape index (κ2) is 6.10. The van der Waals surface area contributed by atoms with Gasteiger partial charge in [0.15, 0.2) is 0 Å². The van der Waals surface area contributed by atoms with Gasteiger partial charge in [0, 0.05) is 17.5 Å².